The number of hydrogen-bond donors (Lipinski definition) is 1. The summed E-state index contributed by atoms with van der Waals surface area (Å²) in [5, 5.41) is 2.94. The molecule has 2 rings (SSSR count). The van der Waals surface area contributed by atoms with Crippen LogP contribution in [0.2, 0.25) is 0 Å². The summed E-state index contributed by atoms with van der Waals surface area (Å²) in [6.07, 6.45) is 2.14. The Hall–Kier alpha value is -1.10. The minimum Gasteiger partial charge on any atom is -0.381 e. The third kappa shape index (κ3) is 3.19. The van der Waals surface area contributed by atoms with E-state index in [0.717, 1.165) is 26.1 Å². The first-order valence-electron chi connectivity index (χ1n) is 6.26. The monoisotopic (exact) mass is 240 g/mol. The van der Waals surface area contributed by atoms with Crippen molar-refractivity contribution >= 4 is 11.8 Å². The van der Waals surface area contributed by atoms with Gasteiger partial charge in [0, 0.05) is 45.0 Å². The van der Waals surface area contributed by atoms with Gasteiger partial charge in [0.2, 0.25) is 11.8 Å². The zero-order valence-electron chi connectivity index (χ0n) is 10.3. The molecular formula is C12H20N2O3. The SMILES string of the molecule is CN1CCC(C(=O)NCC2CCOC2)CC1=O. The highest BCUT2D eigenvalue weighted by Crippen LogP contribution is 2.18. The second-order valence-corrected chi connectivity index (χ2v) is 4.98. The lowest BCUT2D eigenvalue weighted by molar-refractivity contribution is -0.139. The van der Waals surface area contributed by atoms with Crippen LogP contribution >= 0.6 is 0 Å². The fraction of sp³-hybridized carbons (Fsp3) is 0.833. The average Bonchev–Trinajstić information content (AvgIpc) is 2.82. The Morgan fingerprint density at radius 1 is 1.53 bits per heavy atom. The number of piperidine rings is 1. The summed E-state index contributed by atoms with van der Waals surface area (Å²) in [7, 11) is 1.78. The largest absolute Gasteiger partial charge is 0.381 e. The summed E-state index contributed by atoms with van der Waals surface area (Å²) < 4.78 is 5.25. The lowest BCUT2D eigenvalue weighted by Gasteiger charge is -2.28. The molecule has 0 spiro atoms. The second-order valence-electron chi connectivity index (χ2n) is 4.98. The molecule has 0 aromatic carbocycles. The Balaban J connectivity index is 1.74. The molecule has 2 atom stereocenters. The third-order valence-corrected chi connectivity index (χ3v) is 3.62. The summed E-state index contributed by atoms with van der Waals surface area (Å²) in [6.45, 7) is 2.91. The van der Waals surface area contributed by atoms with Gasteiger partial charge < -0.3 is 15.0 Å². The summed E-state index contributed by atoms with van der Waals surface area (Å²) in [4.78, 5) is 25.1. The summed E-state index contributed by atoms with van der Waals surface area (Å²) >= 11 is 0. The number of amides is 2. The van der Waals surface area contributed by atoms with Gasteiger partial charge in [-0.05, 0) is 12.8 Å². The highest BCUT2D eigenvalue weighted by molar-refractivity contribution is 5.86. The van der Waals surface area contributed by atoms with E-state index >= 15 is 0 Å². The van der Waals surface area contributed by atoms with E-state index in [0.29, 0.717) is 25.4 Å². The highest BCUT2D eigenvalue weighted by Gasteiger charge is 2.29. The standard InChI is InChI=1S/C12H20N2O3/c1-14-4-2-10(6-11(14)15)12(16)13-7-9-3-5-17-8-9/h9-10H,2-8H2,1H3,(H,13,16). The molecule has 1 N–H and O–H groups in total. The van der Waals surface area contributed by atoms with Crippen LogP contribution in [0.4, 0.5) is 0 Å². The van der Waals surface area contributed by atoms with Gasteiger partial charge in [-0.1, -0.05) is 0 Å². The van der Waals surface area contributed by atoms with Gasteiger partial charge in [-0.15, -0.1) is 0 Å². The molecule has 0 saturated carbocycles. The van der Waals surface area contributed by atoms with Crippen LogP contribution in [0.5, 0.6) is 0 Å². The number of likely N-dealkylation sites (tertiary alicyclic amines) is 1. The number of carbonyl (C=O) groups excluding carboxylic acids is 2. The second kappa shape index (κ2) is 5.49. The van der Waals surface area contributed by atoms with Gasteiger partial charge in [-0.3, -0.25) is 9.59 Å². The zero-order valence-corrected chi connectivity index (χ0v) is 10.3. The summed E-state index contributed by atoms with van der Waals surface area (Å²) in [5.41, 5.74) is 0. The van der Waals surface area contributed by atoms with Crippen LogP contribution in [0.25, 0.3) is 0 Å². The fourth-order valence-electron chi connectivity index (χ4n) is 2.30. The van der Waals surface area contributed by atoms with Crippen molar-refractivity contribution in [2.45, 2.75) is 19.3 Å². The molecule has 2 amide bonds. The minimum absolute atomic E-state index is 0.0263. The zero-order chi connectivity index (χ0) is 12.3. The molecule has 0 radical (unpaired) electrons. The Morgan fingerprint density at radius 3 is 3.00 bits per heavy atom. The van der Waals surface area contributed by atoms with Gasteiger partial charge in [0.25, 0.3) is 0 Å². The number of ether oxygens (including phenoxy) is 1. The van der Waals surface area contributed by atoms with Gasteiger partial charge >= 0.3 is 0 Å². The van der Waals surface area contributed by atoms with Crippen molar-refractivity contribution < 1.29 is 14.3 Å². The Bertz CT molecular complexity index is 300. The average molecular weight is 240 g/mol. The van der Waals surface area contributed by atoms with Crippen LogP contribution in [0.15, 0.2) is 0 Å². The number of nitrogens with zero attached hydrogens (tertiary/aromatic N) is 1. The van der Waals surface area contributed by atoms with E-state index in [1.165, 1.54) is 0 Å². The van der Waals surface area contributed by atoms with Crippen molar-refractivity contribution in [2.24, 2.45) is 11.8 Å². The van der Waals surface area contributed by atoms with E-state index in [2.05, 4.69) is 5.32 Å². The Morgan fingerprint density at radius 2 is 2.35 bits per heavy atom. The Kier molecular flexibility index (Phi) is 3.99. The van der Waals surface area contributed by atoms with Gasteiger partial charge in [0.05, 0.1) is 6.61 Å². The van der Waals surface area contributed by atoms with E-state index in [9.17, 15) is 9.59 Å². The van der Waals surface area contributed by atoms with E-state index < -0.39 is 0 Å². The predicted molar refractivity (Wildman–Crippen MR) is 62.3 cm³/mol. The van der Waals surface area contributed by atoms with Crippen LogP contribution < -0.4 is 5.32 Å². The molecular weight excluding hydrogens is 220 g/mol. The molecule has 0 aromatic heterocycles. The maximum atomic E-state index is 11.9. The van der Waals surface area contributed by atoms with Crippen LogP contribution in [-0.2, 0) is 14.3 Å². The maximum absolute atomic E-state index is 11.9. The van der Waals surface area contributed by atoms with E-state index in [1.807, 2.05) is 0 Å². The topological polar surface area (TPSA) is 58.6 Å². The maximum Gasteiger partial charge on any atom is 0.223 e. The van der Waals surface area contributed by atoms with Crippen LogP contribution in [0.3, 0.4) is 0 Å². The number of rotatable bonds is 3. The molecule has 2 heterocycles. The minimum atomic E-state index is -0.138. The number of hydrogen-bond acceptors (Lipinski definition) is 3. The molecule has 2 aliphatic heterocycles. The first-order chi connectivity index (χ1) is 8.16. The van der Waals surface area contributed by atoms with Crippen molar-refractivity contribution in [3.05, 3.63) is 0 Å². The van der Waals surface area contributed by atoms with Crippen LogP contribution in [0.1, 0.15) is 19.3 Å². The normalized spacial score (nSPS) is 29.5. The number of carbonyl (C=O) groups is 2. The molecule has 2 saturated heterocycles. The lowest BCUT2D eigenvalue weighted by Crippen LogP contribution is -2.43. The predicted octanol–water partition coefficient (Wildman–Crippen LogP) is 0.00750. The summed E-state index contributed by atoms with van der Waals surface area (Å²) in [5.74, 6) is 0.404. The van der Waals surface area contributed by atoms with Gasteiger partial charge in [0.15, 0.2) is 0 Å². The van der Waals surface area contributed by atoms with Crippen molar-refractivity contribution in [1.29, 1.82) is 0 Å². The molecule has 0 bridgehead atoms. The quantitative estimate of drug-likeness (QED) is 0.756. The van der Waals surface area contributed by atoms with E-state index in [-0.39, 0.29) is 17.7 Å². The first-order valence-corrected chi connectivity index (χ1v) is 6.26. The number of nitrogens with one attached hydrogen (secondary N) is 1. The molecule has 2 unspecified atom stereocenters. The van der Waals surface area contributed by atoms with Gasteiger partial charge in [-0.25, -0.2) is 0 Å². The highest BCUT2D eigenvalue weighted by atomic mass is 16.5. The molecule has 2 fully saturated rings. The Labute approximate surface area is 101 Å². The molecule has 5 nitrogen and oxygen atoms in total. The fourth-order valence-corrected chi connectivity index (χ4v) is 2.30. The first kappa shape index (κ1) is 12.4. The molecule has 0 aliphatic carbocycles. The third-order valence-electron chi connectivity index (χ3n) is 3.62. The molecule has 0 aromatic rings. The molecule has 2 aliphatic rings. The molecule has 5 heteroatoms. The molecule has 96 valence electrons. The van der Waals surface area contributed by atoms with E-state index in [1.54, 1.807) is 11.9 Å². The van der Waals surface area contributed by atoms with Crippen molar-refractivity contribution in [1.82, 2.24) is 10.2 Å². The van der Waals surface area contributed by atoms with Crippen LogP contribution in [-0.4, -0.2) is 50.1 Å². The van der Waals surface area contributed by atoms with Crippen molar-refractivity contribution in [3.63, 3.8) is 0 Å². The van der Waals surface area contributed by atoms with Gasteiger partial charge in [-0.2, -0.15) is 0 Å². The molecule has 17 heavy (non-hydrogen) atoms. The lowest BCUT2D eigenvalue weighted by atomic mass is 9.95. The van der Waals surface area contributed by atoms with Crippen LogP contribution in [0, 0.1) is 11.8 Å². The van der Waals surface area contributed by atoms with E-state index in [4.69, 9.17) is 4.74 Å². The van der Waals surface area contributed by atoms with Crippen molar-refractivity contribution in [2.75, 3.05) is 33.4 Å². The van der Waals surface area contributed by atoms with Gasteiger partial charge in [0.1, 0.15) is 0 Å². The smallest absolute Gasteiger partial charge is 0.223 e. The van der Waals surface area contributed by atoms with Crippen molar-refractivity contribution in [3.8, 4) is 0 Å². The summed E-state index contributed by atoms with van der Waals surface area (Å²) in [6, 6.07) is 0.